The third-order valence-corrected chi connectivity index (χ3v) is 3.07. The molecule has 0 aliphatic carbocycles. The van der Waals surface area contributed by atoms with Crippen molar-refractivity contribution in [3.05, 3.63) is 59.4 Å². The molecule has 0 unspecified atom stereocenters. The van der Waals surface area contributed by atoms with Crippen LogP contribution in [0, 0.1) is 13.8 Å². The maximum Gasteiger partial charge on any atom is 0.261 e. The van der Waals surface area contributed by atoms with Crippen LogP contribution >= 0.6 is 0 Å². The van der Waals surface area contributed by atoms with Crippen LogP contribution in [0.4, 0.5) is 0 Å². The van der Waals surface area contributed by atoms with E-state index < -0.39 is 0 Å². The first-order valence-corrected chi connectivity index (χ1v) is 7.12. The molecule has 0 atom stereocenters. The highest BCUT2D eigenvalue weighted by Gasteiger charge is 2.05. The largest absolute Gasteiger partial charge is 0.271 e. The highest BCUT2D eigenvalue weighted by Crippen LogP contribution is 2.02. The fourth-order valence-electron chi connectivity index (χ4n) is 1.98. The number of carbonyl (C=O) groups excluding carboxylic acids is 1. The first-order chi connectivity index (χ1) is 10.5. The van der Waals surface area contributed by atoms with E-state index in [0.29, 0.717) is 0 Å². The molecule has 1 amide bonds. The van der Waals surface area contributed by atoms with E-state index in [0.717, 1.165) is 22.7 Å². The van der Waals surface area contributed by atoms with Crippen LogP contribution in [0.25, 0.3) is 6.08 Å². The van der Waals surface area contributed by atoms with E-state index >= 15 is 0 Å². The number of benzene rings is 1. The lowest BCUT2D eigenvalue weighted by Gasteiger charge is -2.03. The van der Waals surface area contributed by atoms with Crippen LogP contribution in [-0.4, -0.2) is 21.4 Å². The molecule has 5 heteroatoms. The Labute approximate surface area is 130 Å². The van der Waals surface area contributed by atoms with Crippen molar-refractivity contribution in [2.75, 3.05) is 0 Å². The number of carbonyl (C=O) groups is 1. The molecule has 114 valence electrons. The normalized spacial score (nSPS) is 11.9. The SMILES string of the molecule is CC(/C=C/c1ccccc1)=N/NC(=O)Cn1nc(C)cc1C. The van der Waals surface area contributed by atoms with Gasteiger partial charge in [0.2, 0.25) is 0 Å². The molecule has 0 bridgehead atoms. The lowest BCUT2D eigenvalue weighted by atomic mass is 10.2. The average Bonchev–Trinajstić information content (AvgIpc) is 2.82. The van der Waals surface area contributed by atoms with Gasteiger partial charge in [-0.1, -0.05) is 36.4 Å². The number of nitrogens with one attached hydrogen (secondary N) is 1. The van der Waals surface area contributed by atoms with Crippen LogP contribution in [-0.2, 0) is 11.3 Å². The van der Waals surface area contributed by atoms with Crippen molar-refractivity contribution in [3.63, 3.8) is 0 Å². The number of hydrazone groups is 1. The van der Waals surface area contributed by atoms with Crippen LogP contribution in [0.5, 0.6) is 0 Å². The summed E-state index contributed by atoms with van der Waals surface area (Å²) in [5.74, 6) is -0.196. The highest BCUT2D eigenvalue weighted by molar-refractivity contribution is 5.96. The van der Waals surface area contributed by atoms with Crippen molar-refractivity contribution >= 4 is 17.7 Å². The van der Waals surface area contributed by atoms with Gasteiger partial charge in [-0.15, -0.1) is 0 Å². The van der Waals surface area contributed by atoms with Crippen molar-refractivity contribution in [2.45, 2.75) is 27.3 Å². The number of aromatic nitrogens is 2. The average molecular weight is 296 g/mol. The number of hydrogen-bond acceptors (Lipinski definition) is 3. The molecular weight excluding hydrogens is 276 g/mol. The summed E-state index contributed by atoms with van der Waals surface area (Å²) in [5.41, 5.74) is 6.21. The third-order valence-electron chi connectivity index (χ3n) is 3.07. The van der Waals surface area contributed by atoms with Gasteiger partial charge in [0.25, 0.3) is 5.91 Å². The van der Waals surface area contributed by atoms with Crippen molar-refractivity contribution in [3.8, 4) is 0 Å². The van der Waals surface area contributed by atoms with Crippen LogP contribution in [0.15, 0.2) is 47.6 Å². The van der Waals surface area contributed by atoms with Gasteiger partial charge in [0.1, 0.15) is 6.54 Å². The van der Waals surface area contributed by atoms with Crippen molar-refractivity contribution < 1.29 is 4.79 Å². The van der Waals surface area contributed by atoms with Gasteiger partial charge < -0.3 is 0 Å². The molecular formula is C17H20N4O. The molecule has 0 fully saturated rings. The number of allylic oxidation sites excluding steroid dienone is 1. The summed E-state index contributed by atoms with van der Waals surface area (Å²) < 4.78 is 1.66. The molecule has 0 radical (unpaired) electrons. The smallest absolute Gasteiger partial charge is 0.261 e. The topological polar surface area (TPSA) is 59.3 Å². The van der Waals surface area contributed by atoms with Gasteiger partial charge in [-0.05, 0) is 38.5 Å². The lowest BCUT2D eigenvalue weighted by Crippen LogP contribution is -2.25. The zero-order valence-electron chi connectivity index (χ0n) is 13.1. The maximum absolute atomic E-state index is 11.8. The van der Waals surface area contributed by atoms with E-state index in [4.69, 9.17) is 0 Å². The first-order valence-electron chi connectivity index (χ1n) is 7.12. The second-order valence-corrected chi connectivity index (χ2v) is 5.12. The predicted molar refractivity (Wildman–Crippen MR) is 88.4 cm³/mol. The zero-order valence-corrected chi connectivity index (χ0v) is 13.1. The van der Waals surface area contributed by atoms with Gasteiger partial charge >= 0.3 is 0 Å². The molecule has 0 spiro atoms. The van der Waals surface area contributed by atoms with Crippen LogP contribution in [0.3, 0.4) is 0 Å². The Morgan fingerprint density at radius 1 is 1.32 bits per heavy atom. The fourth-order valence-corrected chi connectivity index (χ4v) is 1.98. The first kappa shape index (κ1) is 15.7. The monoisotopic (exact) mass is 296 g/mol. The molecule has 0 aliphatic heterocycles. The molecule has 0 aliphatic rings. The standard InChI is InChI=1S/C17H20N4O/c1-13(9-10-16-7-5-4-6-8-16)18-19-17(22)12-21-15(3)11-14(2)20-21/h4-11H,12H2,1-3H3,(H,19,22)/b10-9+,18-13-. The number of nitrogens with zero attached hydrogens (tertiary/aromatic N) is 3. The number of aryl methyl sites for hydroxylation is 2. The minimum atomic E-state index is -0.196. The Morgan fingerprint density at radius 3 is 2.68 bits per heavy atom. The summed E-state index contributed by atoms with van der Waals surface area (Å²) >= 11 is 0. The quantitative estimate of drug-likeness (QED) is 0.681. The van der Waals surface area contributed by atoms with Crippen molar-refractivity contribution in [1.29, 1.82) is 0 Å². The Bertz CT molecular complexity index is 699. The Kier molecular flexibility index (Phi) is 5.25. The second-order valence-electron chi connectivity index (χ2n) is 5.12. The lowest BCUT2D eigenvalue weighted by molar-refractivity contribution is -0.121. The van der Waals surface area contributed by atoms with Crippen LogP contribution in [0.1, 0.15) is 23.9 Å². The molecule has 2 aromatic rings. The molecule has 1 aromatic carbocycles. The van der Waals surface area contributed by atoms with E-state index in [1.165, 1.54) is 0 Å². The summed E-state index contributed by atoms with van der Waals surface area (Å²) in [6.45, 7) is 5.82. The Balaban J connectivity index is 1.89. The van der Waals surface area contributed by atoms with Crippen molar-refractivity contribution in [2.24, 2.45) is 5.10 Å². The minimum Gasteiger partial charge on any atom is -0.271 e. The van der Waals surface area contributed by atoms with E-state index in [-0.39, 0.29) is 12.5 Å². The maximum atomic E-state index is 11.8. The van der Waals surface area contributed by atoms with Gasteiger partial charge in [0.05, 0.1) is 11.4 Å². The summed E-state index contributed by atoms with van der Waals surface area (Å²) in [4.78, 5) is 11.8. The molecule has 0 saturated heterocycles. The van der Waals surface area contributed by atoms with Gasteiger partial charge in [0, 0.05) is 5.69 Å². The van der Waals surface area contributed by atoms with Gasteiger partial charge in [0.15, 0.2) is 0 Å². The zero-order chi connectivity index (χ0) is 15.9. The molecule has 5 nitrogen and oxygen atoms in total. The molecule has 1 N–H and O–H groups in total. The number of rotatable bonds is 5. The predicted octanol–water partition coefficient (Wildman–Crippen LogP) is 2.71. The van der Waals surface area contributed by atoms with Crippen LogP contribution < -0.4 is 5.43 Å². The van der Waals surface area contributed by atoms with Gasteiger partial charge in [-0.3, -0.25) is 9.48 Å². The van der Waals surface area contributed by atoms with Crippen molar-refractivity contribution in [1.82, 2.24) is 15.2 Å². The number of hydrogen-bond donors (Lipinski definition) is 1. The summed E-state index contributed by atoms with van der Waals surface area (Å²) in [5, 5.41) is 8.31. The Morgan fingerprint density at radius 2 is 2.05 bits per heavy atom. The second kappa shape index (κ2) is 7.36. The summed E-state index contributed by atoms with van der Waals surface area (Å²) in [7, 11) is 0. The fraction of sp³-hybridized carbons (Fsp3) is 0.235. The van der Waals surface area contributed by atoms with E-state index in [9.17, 15) is 4.79 Å². The number of amides is 1. The van der Waals surface area contributed by atoms with Gasteiger partial charge in [-0.25, -0.2) is 5.43 Å². The molecule has 0 saturated carbocycles. The van der Waals surface area contributed by atoms with E-state index in [1.807, 2.05) is 69.3 Å². The highest BCUT2D eigenvalue weighted by atomic mass is 16.2. The molecule has 1 aromatic heterocycles. The summed E-state index contributed by atoms with van der Waals surface area (Å²) in [6, 6.07) is 11.9. The third kappa shape index (κ3) is 4.70. The summed E-state index contributed by atoms with van der Waals surface area (Å²) in [6.07, 6.45) is 3.81. The van der Waals surface area contributed by atoms with Crippen LogP contribution in [0.2, 0.25) is 0 Å². The Hall–Kier alpha value is -2.69. The molecule has 22 heavy (non-hydrogen) atoms. The molecule has 2 rings (SSSR count). The van der Waals surface area contributed by atoms with E-state index in [1.54, 1.807) is 4.68 Å². The molecule has 1 heterocycles. The minimum absolute atomic E-state index is 0.166. The van der Waals surface area contributed by atoms with E-state index in [2.05, 4.69) is 15.6 Å². The van der Waals surface area contributed by atoms with Gasteiger partial charge in [-0.2, -0.15) is 10.2 Å².